The van der Waals surface area contributed by atoms with Gasteiger partial charge in [-0.3, -0.25) is 14.4 Å². The van der Waals surface area contributed by atoms with Crippen molar-refractivity contribution < 1.29 is 34.8 Å². The maximum atomic E-state index is 14.4. The highest BCUT2D eigenvalue weighted by Crippen LogP contribution is 2.65. The minimum atomic E-state index is -2.61. The summed E-state index contributed by atoms with van der Waals surface area (Å²) in [6, 6.07) is 3.17. The predicted octanol–water partition coefficient (Wildman–Crippen LogP) is 5.51. The van der Waals surface area contributed by atoms with Crippen molar-refractivity contribution in [3.8, 4) is 17.6 Å². The van der Waals surface area contributed by atoms with Gasteiger partial charge in [0.1, 0.15) is 22.8 Å². The van der Waals surface area contributed by atoms with Crippen LogP contribution in [0.3, 0.4) is 0 Å². The maximum absolute atomic E-state index is 14.4. The van der Waals surface area contributed by atoms with Crippen LogP contribution in [0, 0.1) is 39.9 Å². The van der Waals surface area contributed by atoms with E-state index in [4.69, 9.17) is 0 Å². The van der Waals surface area contributed by atoms with E-state index in [9.17, 15) is 34.8 Å². The first-order chi connectivity index (χ1) is 19.0. The van der Waals surface area contributed by atoms with E-state index in [2.05, 4.69) is 18.8 Å². The van der Waals surface area contributed by atoms with Gasteiger partial charge in [-0.05, 0) is 63.1 Å². The number of allylic oxidation sites excluding steroid dienone is 1. The number of carbonyl (C=O) groups excluding carboxylic acids is 3. The van der Waals surface area contributed by atoms with Crippen molar-refractivity contribution in [2.24, 2.45) is 28.1 Å². The maximum Gasteiger partial charge on any atom is 0.203 e. The van der Waals surface area contributed by atoms with Crippen molar-refractivity contribution in [1.82, 2.24) is 0 Å². The molecule has 2 fully saturated rings. The monoisotopic (exact) mass is 560 g/mol. The smallest absolute Gasteiger partial charge is 0.203 e. The fourth-order valence-electron chi connectivity index (χ4n) is 8.51. The Morgan fingerprint density at radius 2 is 1.66 bits per heavy atom. The predicted molar refractivity (Wildman–Crippen MR) is 154 cm³/mol. The summed E-state index contributed by atoms with van der Waals surface area (Å²) in [5.74, 6) is 1.50. The van der Waals surface area contributed by atoms with Crippen molar-refractivity contribution in [1.29, 1.82) is 0 Å². The van der Waals surface area contributed by atoms with Gasteiger partial charge in [0.05, 0.1) is 5.56 Å². The number of fused-ring (bicyclic) bond motifs is 3. The summed E-state index contributed by atoms with van der Waals surface area (Å²) in [6.45, 7) is 10.3. The molecule has 0 aliphatic heterocycles. The molecule has 0 saturated heterocycles. The second-order valence-electron chi connectivity index (χ2n) is 13.8. The van der Waals surface area contributed by atoms with Crippen LogP contribution in [0.5, 0.6) is 5.75 Å². The Bertz CT molecular complexity index is 1510. The molecule has 1 aromatic carbocycles. The van der Waals surface area contributed by atoms with E-state index in [-0.39, 0.29) is 41.1 Å². The lowest BCUT2D eigenvalue weighted by molar-refractivity contribution is -0.178. The first-order valence-electron chi connectivity index (χ1n) is 14.6. The molecule has 7 nitrogen and oxygen atoms in total. The van der Waals surface area contributed by atoms with Gasteiger partial charge in [0.15, 0.2) is 17.2 Å². The van der Waals surface area contributed by atoms with Gasteiger partial charge in [-0.25, -0.2) is 0 Å². The van der Waals surface area contributed by atoms with Crippen LogP contribution in [0.15, 0.2) is 29.0 Å². The zero-order valence-corrected chi connectivity index (χ0v) is 24.8. The molecule has 0 spiro atoms. The number of hydrogen-bond donors (Lipinski definition) is 4. The van der Waals surface area contributed by atoms with Gasteiger partial charge in [0.2, 0.25) is 5.78 Å². The summed E-state index contributed by atoms with van der Waals surface area (Å²) in [5, 5.41) is 45.9. The molecule has 1 unspecified atom stereocenters. The fourth-order valence-corrected chi connectivity index (χ4v) is 8.51. The third kappa shape index (κ3) is 3.94. The molecule has 0 heterocycles. The van der Waals surface area contributed by atoms with Crippen LogP contribution in [0.4, 0.5) is 0 Å². The van der Waals surface area contributed by atoms with E-state index in [0.29, 0.717) is 11.1 Å². The van der Waals surface area contributed by atoms with Gasteiger partial charge in [-0.2, -0.15) is 0 Å². The van der Waals surface area contributed by atoms with Crippen LogP contribution >= 0.6 is 0 Å². The zero-order chi connectivity index (χ0) is 30.3. The summed E-state index contributed by atoms with van der Waals surface area (Å²) in [6.07, 6.45) is 5.72. The number of rotatable bonds is 2. The van der Waals surface area contributed by atoms with Crippen LogP contribution < -0.4 is 0 Å². The first kappa shape index (κ1) is 29.1. The fraction of sp³-hybridized carbons (Fsp3) is 0.559. The van der Waals surface area contributed by atoms with Crippen molar-refractivity contribution >= 4 is 23.1 Å². The largest absolute Gasteiger partial charge is 0.508 e. The first-order valence-corrected chi connectivity index (χ1v) is 14.6. The number of aliphatic hydroxyl groups excluding tert-OH is 2. The lowest BCUT2D eigenvalue weighted by atomic mass is 9.43. The SMILES string of the molecule is CC(=O)C1=C(O)[C@]2(O)C(=O)C3=C(O)c4c(O)ccc(C#CC5(C)CCCCC5)c4C[C@]3(C)C[C@]2(C)C(C(C)C)C1=O. The molecule has 4 atom stereocenters. The number of phenolic OH excluding ortho intramolecular Hbond substituents is 1. The molecule has 0 aromatic heterocycles. The molecule has 0 radical (unpaired) electrons. The molecule has 0 bridgehead atoms. The summed E-state index contributed by atoms with van der Waals surface area (Å²) < 4.78 is 0. The molecular formula is C34H40O7. The molecule has 4 aliphatic carbocycles. The molecule has 1 aromatic rings. The normalized spacial score (nSPS) is 32.6. The molecular weight excluding hydrogens is 520 g/mol. The number of ketones is 3. The average molecular weight is 561 g/mol. The highest BCUT2D eigenvalue weighted by molar-refractivity contribution is 6.24. The highest BCUT2D eigenvalue weighted by Gasteiger charge is 2.72. The Morgan fingerprint density at radius 3 is 2.24 bits per heavy atom. The van der Waals surface area contributed by atoms with E-state index in [1.165, 1.54) is 12.5 Å². The van der Waals surface area contributed by atoms with Gasteiger partial charge in [0.25, 0.3) is 0 Å². The summed E-state index contributed by atoms with van der Waals surface area (Å²) >= 11 is 0. The topological polar surface area (TPSA) is 132 Å². The van der Waals surface area contributed by atoms with Crippen LogP contribution in [0.2, 0.25) is 0 Å². The van der Waals surface area contributed by atoms with Crippen molar-refractivity contribution in [2.75, 3.05) is 0 Å². The van der Waals surface area contributed by atoms with Gasteiger partial charge >= 0.3 is 0 Å². The molecule has 41 heavy (non-hydrogen) atoms. The number of benzene rings is 1. The van der Waals surface area contributed by atoms with Crippen molar-refractivity contribution in [3.63, 3.8) is 0 Å². The van der Waals surface area contributed by atoms with E-state index < -0.39 is 56.8 Å². The minimum Gasteiger partial charge on any atom is -0.508 e. The molecule has 218 valence electrons. The van der Waals surface area contributed by atoms with Crippen LogP contribution in [0.1, 0.15) is 96.8 Å². The molecule has 5 rings (SSSR count). The van der Waals surface area contributed by atoms with Gasteiger partial charge in [0, 0.05) is 33.3 Å². The third-order valence-corrected chi connectivity index (χ3v) is 10.3. The quantitative estimate of drug-likeness (QED) is 0.277. The van der Waals surface area contributed by atoms with Crippen LogP contribution in [0.25, 0.3) is 5.76 Å². The summed E-state index contributed by atoms with van der Waals surface area (Å²) in [7, 11) is 0. The van der Waals surface area contributed by atoms with Crippen LogP contribution in [-0.2, 0) is 20.8 Å². The van der Waals surface area contributed by atoms with Gasteiger partial charge in [-0.1, -0.05) is 58.8 Å². The molecule has 7 heteroatoms. The number of carbonyl (C=O) groups is 3. The second kappa shape index (κ2) is 9.32. The van der Waals surface area contributed by atoms with Crippen molar-refractivity contribution in [3.05, 3.63) is 45.7 Å². The highest BCUT2D eigenvalue weighted by atomic mass is 16.3. The minimum absolute atomic E-state index is 0.0607. The molecule has 2 saturated carbocycles. The van der Waals surface area contributed by atoms with Gasteiger partial charge < -0.3 is 20.4 Å². The summed E-state index contributed by atoms with van der Waals surface area (Å²) in [5.41, 5.74) is -4.64. The van der Waals surface area contributed by atoms with Crippen LogP contribution in [-0.4, -0.2) is 43.4 Å². The number of hydrogen-bond acceptors (Lipinski definition) is 7. The summed E-state index contributed by atoms with van der Waals surface area (Å²) in [4.78, 5) is 40.5. The number of aromatic hydroxyl groups is 1. The van der Waals surface area contributed by atoms with E-state index in [0.717, 1.165) is 32.6 Å². The Kier molecular flexibility index (Phi) is 6.62. The van der Waals surface area contributed by atoms with E-state index >= 15 is 0 Å². The van der Waals surface area contributed by atoms with E-state index in [1.807, 2.05) is 0 Å². The molecule has 4 N–H and O–H groups in total. The number of phenols is 1. The lowest BCUT2D eigenvalue weighted by Crippen LogP contribution is -2.69. The Labute approximate surface area is 241 Å². The average Bonchev–Trinajstić information content (AvgIpc) is 2.85. The standard InChI is InChI=1S/C34H40O7/c1-18(2)25-27(37)23(19(3)35)29(39)34(41)30(40)26-28(38)24-21(16-32(26,5)17-33(25,34)6)20(10-11-22(24)36)12-15-31(4)13-8-7-9-14-31/h10-11,18,25,36,38-39,41H,7-9,13-14,16-17H2,1-6H3/t25?,32-,33-,34+/m1/s1. The number of aliphatic hydroxyl groups is 3. The van der Waals surface area contributed by atoms with Gasteiger partial charge in [-0.15, -0.1) is 0 Å². The number of Topliss-reactive ketones (excluding diaryl/α,β-unsaturated/α-hetero) is 3. The Balaban J connectivity index is 1.75. The molecule has 0 amide bonds. The van der Waals surface area contributed by atoms with Crippen molar-refractivity contribution in [2.45, 2.75) is 92.1 Å². The second-order valence-corrected chi connectivity index (χ2v) is 13.8. The Morgan fingerprint density at radius 1 is 1.02 bits per heavy atom. The Hall–Kier alpha value is -3.37. The van der Waals surface area contributed by atoms with E-state index in [1.54, 1.807) is 33.8 Å². The zero-order valence-electron chi connectivity index (χ0n) is 24.8. The molecule has 4 aliphatic rings. The third-order valence-electron chi connectivity index (χ3n) is 10.3. The lowest BCUT2D eigenvalue weighted by Gasteiger charge is -2.59.